The molecule has 3 heterocycles. The molecule has 2 saturated heterocycles. The van der Waals surface area contributed by atoms with Crippen molar-refractivity contribution in [2.75, 3.05) is 13.7 Å². The van der Waals surface area contributed by atoms with Crippen LogP contribution < -0.4 is 14.9 Å². The van der Waals surface area contributed by atoms with Gasteiger partial charge in [0, 0.05) is 12.1 Å². The van der Waals surface area contributed by atoms with Gasteiger partial charge in [-0.3, -0.25) is 4.79 Å². The monoisotopic (exact) mass is 592 g/mol. The molecule has 0 saturated carbocycles. The summed E-state index contributed by atoms with van der Waals surface area (Å²) in [5.41, 5.74) is 0.200. The van der Waals surface area contributed by atoms with Gasteiger partial charge in [0.15, 0.2) is 6.29 Å². The summed E-state index contributed by atoms with van der Waals surface area (Å²) in [4.78, 5) is 13.2. The molecule has 0 aliphatic carbocycles. The highest BCUT2D eigenvalue weighted by Crippen LogP contribution is 2.33. The van der Waals surface area contributed by atoms with Gasteiger partial charge in [-0.05, 0) is 24.6 Å². The van der Waals surface area contributed by atoms with E-state index in [1.54, 1.807) is 24.3 Å². The predicted octanol–water partition coefficient (Wildman–Crippen LogP) is -0.795. The van der Waals surface area contributed by atoms with Crippen LogP contribution in [-0.2, 0) is 14.2 Å². The van der Waals surface area contributed by atoms with Crippen LogP contribution in [0.1, 0.15) is 6.92 Å². The summed E-state index contributed by atoms with van der Waals surface area (Å²) < 4.78 is 32.8. The summed E-state index contributed by atoms with van der Waals surface area (Å²) in [5.74, 6) is 0.0283. The van der Waals surface area contributed by atoms with E-state index in [1.165, 1.54) is 26.4 Å². The third-order valence-electron chi connectivity index (χ3n) is 7.39. The molecule has 2 aromatic carbocycles. The zero-order valence-corrected chi connectivity index (χ0v) is 22.5. The summed E-state index contributed by atoms with van der Waals surface area (Å²) in [7, 11) is 1.52. The fourth-order valence-corrected chi connectivity index (χ4v) is 4.87. The molecule has 42 heavy (non-hydrogen) atoms. The van der Waals surface area contributed by atoms with E-state index < -0.39 is 79.2 Å². The lowest BCUT2D eigenvalue weighted by atomic mass is 9.98. The highest BCUT2D eigenvalue weighted by Gasteiger charge is 2.47. The van der Waals surface area contributed by atoms with Crippen molar-refractivity contribution in [3.05, 3.63) is 52.9 Å². The Labute approximate surface area is 238 Å². The number of benzene rings is 2. The number of methoxy groups -OCH3 is 1. The van der Waals surface area contributed by atoms with Crippen molar-refractivity contribution in [2.24, 2.45) is 0 Å². The molecule has 5 rings (SSSR count). The summed E-state index contributed by atoms with van der Waals surface area (Å²) in [6.45, 7) is 0.987. The van der Waals surface area contributed by atoms with Gasteiger partial charge in [-0.25, -0.2) is 0 Å². The minimum atomic E-state index is -1.75. The first-order valence-electron chi connectivity index (χ1n) is 13.1. The van der Waals surface area contributed by atoms with Crippen LogP contribution in [-0.4, -0.2) is 111 Å². The molecule has 14 nitrogen and oxygen atoms in total. The zero-order valence-electron chi connectivity index (χ0n) is 22.5. The first-order valence-corrected chi connectivity index (χ1v) is 13.1. The second-order valence-corrected chi connectivity index (χ2v) is 10.2. The maximum Gasteiger partial charge on any atom is 0.229 e. The van der Waals surface area contributed by atoms with Gasteiger partial charge in [0.05, 0.1) is 25.4 Å². The third kappa shape index (κ3) is 5.68. The number of aromatic hydroxyl groups is 1. The zero-order chi connectivity index (χ0) is 30.3. The molecule has 10 atom stereocenters. The van der Waals surface area contributed by atoms with Crippen LogP contribution in [0.3, 0.4) is 0 Å². The Balaban J connectivity index is 1.33. The first kappa shape index (κ1) is 30.2. The van der Waals surface area contributed by atoms with Crippen molar-refractivity contribution in [2.45, 2.75) is 68.3 Å². The van der Waals surface area contributed by atoms with Crippen LogP contribution in [0.5, 0.6) is 17.2 Å². The number of aliphatic hydroxyl groups excluding tert-OH is 6. The lowest BCUT2D eigenvalue weighted by Crippen LogP contribution is -2.61. The molecule has 2 aliphatic rings. The Morgan fingerprint density at radius 2 is 1.48 bits per heavy atom. The van der Waals surface area contributed by atoms with Crippen molar-refractivity contribution in [1.29, 1.82) is 0 Å². The van der Waals surface area contributed by atoms with E-state index >= 15 is 0 Å². The van der Waals surface area contributed by atoms with Crippen molar-refractivity contribution < 1.29 is 63.8 Å². The minimum absolute atomic E-state index is 0.0312. The standard InChI is InChI=1S/C28H32O14/c1-11-20(30)23(33)25(35)27(40-11)39-10-18-22(32)24(34)26(36)28(42-18)41-14-7-16(29)19-17(8-14)38-9-15(21(19)31)12-3-5-13(37-2)6-4-12/h3-9,11,18,20,22-30,32-36H,10H2,1-2H3/t11-,18-,20-,22-,23-,24-,25+,26-,27+,28-/m0/s1. The van der Waals surface area contributed by atoms with Crippen LogP contribution >= 0.6 is 0 Å². The van der Waals surface area contributed by atoms with E-state index in [4.69, 9.17) is 28.1 Å². The van der Waals surface area contributed by atoms with Crippen LogP contribution in [0.25, 0.3) is 22.1 Å². The minimum Gasteiger partial charge on any atom is -0.507 e. The van der Waals surface area contributed by atoms with Gasteiger partial charge in [-0.15, -0.1) is 0 Å². The first-order chi connectivity index (χ1) is 20.0. The molecule has 228 valence electrons. The smallest absolute Gasteiger partial charge is 0.229 e. The van der Waals surface area contributed by atoms with Gasteiger partial charge >= 0.3 is 0 Å². The number of ether oxygens (including phenoxy) is 5. The molecule has 14 heteroatoms. The predicted molar refractivity (Wildman–Crippen MR) is 142 cm³/mol. The summed E-state index contributed by atoms with van der Waals surface area (Å²) in [5, 5.41) is 71.9. The molecule has 1 aromatic heterocycles. The van der Waals surface area contributed by atoms with Crippen molar-refractivity contribution >= 4 is 11.0 Å². The largest absolute Gasteiger partial charge is 0.507 e. The lowest BCUT2D eigenvalue weighted by molar-refractivity contribution is -0.318. The Kier molecular flexibility index (Phi) is 8.71. The Bertz CT molecular complexity index is 1440. The second-order valence-electron chi connectivity index (χ2n) is 10.2. The average Bonchev–Trinajstić information content (AvgIpc) is 2.98. The van der Waals surface area contributed by atoms with E-state index in [-0.39, 0.29) is 22.3 Å². The van der Waals surface area contributed by atoms with E-state index in [1.807, 2.05) is 0 Å². The lowest BCUT2D eigenvalue weighted by Gasteiger charge is -2.42. The van der Waals surface area contributed by atoms with Crippen molar-refractivity contribution in [1.82, 2.24) is 0 Å². The van der Waals surface area contributed by atoms with Gasteiger partial charge in [0.25, 0.3) is 0 Å². The van der Waals surface area contributed by atoms with E-state index in [2.05, 4.69) is 0 Å². The Hall–Kier alpha value is -3.31. The molecule has 0 radical (unpaired) electrons. The molecule has 0 unspecified atom stereocenters. The summed E-state index contributed by atoms with van der Waals surface area (Å²) in [6.07, 6.45) is -13.6. The number of phenolic OH excluding ortho intramolecular Hbond substituents is 1. The van der Waals surface area contributed by atoms with E-state index in [9.17, 15) is 40.5 Å². The van der Waals surface area contributed by atoms with Crippen molar-refractivity contribution in [3.8, 4) is 28.4 Å². The van der Waals surface area contributed by atoms with Crippen LogP contribution in [0.4, 0.5) is 0 Å². The van der Waals surface area contributed by atoms with E-state index in [0.717, 1.165) is 6.07 Å². The highest BCUT2D eigenvalue weighted by atomic mass is 16.7. The maximum absolute atomic E-state index is 13.2. The van der Waals surface area contributed by atoms with E-state index in [0.29, 0.717) is 11.3 Å². The number of phenols is 1. The Morgan fingerprint density at radius 1 is 0.810 bits per heavy atom. The van der Waals surface area contributed by atoms with Gasteiger partial charge in [-0.2, -0.15) is 0 Å². The molecule has 2 fully saturated rings. The molecule has 0 amide bonds. The number of hydrogen-bond acceptors (Lipinski definition) is 14. The fraction of sp³-hybridized carbons (Fsp3) is 0.464. The van der Waals surface area contributed by atoms with Crippen molar-refractivity contribution in [3.63, 3.8) is 0 Å². The summed E-state index contributed by atoms with van der Waals surface area (Å²) in [6, 6.07) is 9.07. The molecular formula is C28H32O14. The summed E-state index contributed by atoms with van der Waals surface area (Å²) >= 11 is 0. The molecule has 0 bridgehead atoms. The third-order valence-corrected chi connectivity index (χ3v) is 7.39. The van der Waals surface area contributed by atoms with Gasteiger partial charge in [0.1, 0.15) is 77.2 Å². The average molecular weight is 593 g/mol. The van der Waals surface area contributed by atoms with Gasteiger partial charge in [0.2, 0.25) is 11.7 Å². The highest BCUT2D eigenvalue weighted by molar-refractivity contribution is 5.88. The molecule has 2 aliphatic heterocycles. The normalized spacial score (nSPS) is 33.4. The van der Waals surface area contributed by atoms with Crippen LogP contribution in [0, 0.1) is 0 Å². The SMILES string of the molecule is COc1ccc(-c2coc3cc(O[C@H]4O[C@@H](CO[C@@H]5O[C@@H](C)[C@H](O)[C@H](O)[C@H]5O)[C@H](O)[C@H](O)[C@@H]4O)cc(O)c3c2=O)cc1. The Morgan fingerprint density at radius 3 is 2.17 bits per heavy atom. The number of hydrogen-bond donors (Lipinski definition) is 7. The van der Waals surface area contributed by atoms with Crippen LogP contribution in [0.15, 0.2) is 51.9 Å². The quantitative estimate of drug-likeness (QED) is 0.179. The molecular weight excluding hydrogens is 560 g/mol. The van der Waals surface area contributed by atoms with Crippen LogP contribution in [0.2, 0.25) is 0 Å². The van der Waals surface area contributed by atoms with Gasteiger partial charge < -0.3 is 63.8 Å². The second kappa shape index (κ2) is 12.1. The number of aliphatic hydroxyl groups is 6. The molecule has 0 spiro atoms. The number of fused-ring (bicyclic) bond motifs is 1. The number of rotatable bonds is 7. The topological polar surface area (TPSA) is 218 Å². The fourth-order valence-electron chi connectivity index (χ4n) is 4.87. The maximum atomic E-state index is 13.2. The molecule has 3 aromatic rings. The molecule has 7 N–H and O–H groups in total. The van der Waals surface area contributed by atoms with Gasteiger partial charge in [-0.1, -0.05) is 12.1 Å².